The monoisotopic (exact) mass is 291 g/mol. The largest absolute Gasteiger partial charge is 0.383 e. The van der Waals surface area contributed by atoms with Crippen LogP contribution in [0.1, 0.15) is 45.4 Å². The molecule has 1 aliphatic carbocycles. The first kappa shape index (κ1) is 14.1. The molecule has 0 unspecified atom stereocenters. The minimum atomic E-state index is -0.429. The number of nitrogen functional groups attached to an aromatic ring is 1. The van der Waals surface area contributed by atoms with Crippen LogP contribution in [0, 0.1) is 5.92 Å². The quantitative estimate of drug-likeness (QED) is 0.897. The third-order valence-corrected chi connectivity index (χ3v) is 4.24. The zero-order valence-electron chi connectivity index (χ0n) is 12.4. The van der Waals surface area contributed by atoms with Crippen molar-refractivity contribution < 1.29 is 9.26 Å². The second kappa shape index (κ2) is 5.48. The number of rotatable bonds is 4. The molecule has 0 amide bonds. The number of anilines is 1. The first-order valence-electron chi connectivity index (χ1n) is 7.42. The lowest BCUT2D eigenvalue weighted by Crippen LogP contribution is -2.35. The number of nitrogens with zero attached hydrogens (tertiary/aromatic N) is 3. The van der Waals surface area contributed by atoms with E-state index in [1.54, 1.807) is 6.20 Å². The molecule has 1 aliphatic rings. The van der Waals surface area contributed by atoms with E-state index in [0.29, 0.717) is 29.7 Å². The van der Waals surface area contributed by atoms with Gasteiger partial charge < -0.3 is 15.0 Å². The van der Waals surface area contributed by atoms with Crippen molar-refractivity contribution in [3.05, 3.63) is 12.0 Å². The van der Waals surface area contributed by atoms with E-state index in [0.717, 1.165) is 31.6 Å². The lowest BCUT2D eigenvalue weighted by Gasteiger charge is -2.36. The standard InChI is InChI=1S/C14H21N5O2/c1-3-20-14(6-4-9(2)5-7-14)13-17-12(21-19-13)10-8-16-18-11(10)15/h8-9H,3-7H2,1-2H3,(H3,15,16,18). The van der Waals surface area contributed by atoms with Gasteiger partial charge in [0.15, 0.2) is 0 Å². The Kier molecular flexibility index (Phi) is 3.67. The highest BCUT2D eigenvalue weighted by Crippen LogP contribution is 2.41. The minimum absolute atomic E-state index is 0.383. The summed E-state index contributed by atoms with van der Waals surface area (Å²) in [5.74, 6) is 2.14. The highest BCUT2D eigenvalue weighted by molar-refractivity contribution is 5.65. The number of aromatic nitrogens is 4. The Morgan fingerprint density at radius 3 is 2.86 bits per heavy atom. The summed E-state index contributed by atoms with van der Waals surface area (Å²) in [6.07, 6.45) is 5.64. The topological polar surface area (TPSA) is 103 Å². The van der Waals surface area contributed by atoms with Gasteiger partial charge in [-0.2, -0.15) is 10.1 Å². The first-order chi connectivity index (χ1) is 10.1. The fourth-order valence-electron chi connectivity index (χ4n) is 2.92. The van der Waals surface area contributed by atoms with Crippen LogP contribution in [0.3, 0.4) is 0 Å². The van der Waals surface area contributed by atoms with Crippen LogP contribution >= 0.6 is 0 Å². The zero-order valence-corrected chi connectivity index (χ0v) is 12.4. The van der Waals surface area contributed by atoms with E-state index in [1.807, 2.05) is 6.92 Å². The predicted molar refractivity (Wildman–Crippen MR) is 77.2 cm³/mol. The van der Waals surface area contributed by atoms with Crippen LogP contribution in [0.2, 0.25) is 0 Å². The van der Waals surface area contributed by atoms with Gasteiger partial charge in [0.2, 0.25) is 5.82 Å². The average Bonchev–Trinajstić information content (AvgIpc) is 3.10. The van der Waals surface area contributed by atoms with E-state index < -0.39 is 5.60 Å². The van der Waals surface area contributed by atoms with Gasteiger partial charge in [-0.05, 0) is 38.5 Å². The van der Waals surface area contributed by atoms with Crippen molar-refractivity contribution in [2.45, 2.75) is 45.1 Å². The maximum Gasteiger partial charge on any atom is 0.263 e. The van der Waals surface area contributed by atoms with Gasteiger partial charge in [0.05, 0.1) is 6.20 Å². The summed E-state index contributed by atoms with van der Waals surface area (Å²) in [7, 11) is 0. The molecule has 3 N–H and O–H groups in total. The van der Waals surface area contributed by atoms with Gasteiger partial charge in [0.25, 0.3) is 5.89 Å². The maximum atomic E-state index is 6.03. The molecule has 2 aromatic heterocycles. The molecular formula is C14H21N5O2. The molecule has 0 aromatic carbocycles. The molecular weight excluding hydrogens is 270 g/mol. The lowest BCUT2D eigenvalue weighted by atomic mass is 9.79. The van der Waals surface area contributed by atoms with Crippen molar-refractivity contribution in [1.29, 1.82) is 0 Å². The van der Waals surface area contributed by atoms with Crippen LogP contribution < -0.4 is 5.73 Å². The second-order valence-corrected chi connectivity index (χ2v) is 5.73. The minimum Gasteiger partial charge on any atom is -0.383 e. The van der Waals surface area contributed by atoms with E-state index in [9.17, 15) is 0 Å². The van der Waals surface area contributed by atoms with Gasteiger partial charge >= 0.3 is 0 Å². The highest BCUT2D eigenvalue weighted by atomic mass is 16.5. The van der Waals surface area contributed by atoms with E-state index in [4.69, 9.17) is 15.0 Å². The Hall–Kier alpha value is -1.89. The van der Waals surface area contributed by atoms with Crippen molar-refractivity contribution in [3.8, 4) is 11.5 Å². The number of hydrogen-bond donors (Lipinski definition) is 2. The number of hydrogen-bond acceptors (Lipinski definition) is 6. The second-order valence-electron chi connectivity index (χ2n) is 5.73. The predicted octanol–water partition coefficient (Wildman–Crippen LogP) is 2.48. The molecule has 0 spiro atoms. The summed E-state index contributed by atoms with van der Waals surface area (Å²) in [6, 6.07) is 0. The summed E-state index contributed by atoms with van der Waals surface area (Å²) in [5, 5.41) is 10.7. The van der Waals surface area contributed by atoms with Crippen LogP contribution in [-0.2, 0) is 10.3 Å². The van der Waals surface area contributed by atoms with Crippen LogP contribution in [0.25, 0.3) is 11.5 Å². The van der Waals surface area contributed by atoms with Gasteiger partial charge in [-0.1, -0.05) is 12.1 Å². The van der Waals surface area contributed by atoms with Crippen molar-refractivity contribution in [1.82, 2.24) is 20.3 Å². The Morgan fingerprint density at radius 1 is 1.48 bits per heavy atom. The fraction of sp³-hybridized carbons (Fsp3) is 0.643. The van der Waals surface area contributed by atoms with E-state index in [2.05, 4.69) is 27.3 Å². The Morgan fingerprint density at radius 2 is 2.24 bits per heavy atom. The number of H-pyrrole nitrogens is 1. The summed E-state index contributed by atoms with van der Waals surface area (Å²) in [4.78, 5) is 4.51. The van der Waals surface area contributed by atoms with Crippen molar-refractivity contribution >= 4 is 5.82 Å². The molecule has 21 heavy (non-hydrogen) atoms. The third kappa shape index (κ3) is 2.53. The van der Waals surface area contributed by atoms with Gasteiger partial charge in [-0.25, -0.2) is 0 Å². The summed E-state index contributed by atoms with van der Waals surface area (Å²) in [5.41, 5.74) is 5.99. The number of nitrogens with two attached hydrogens (primary N) is 1. The first-order valence-corrected chi connectivity index (χ1v) is 7.42. The molecule has 7 heteroatoms. The van der Waals surface area contributed by atoms with Crippen molar-refractivity contribution in [2.24, 2.45) is 5.92 Å². The van der Waals surface area contributed by atoms with E-state index in [1.165, 1.54) is 0 Å². The molecule has 2 heterocycles. The molecule has 1 saturated carbocycles. The molecule has 0 saturated heterocycles. The van der Waals surface area contributed by atoms with Gasteiger partial charge in [0, 0.05) is 6.61 Å². The molecule has 2 aromatic rings. The van der Waals surface area contributed by atoms with Gasteiger partial charge in [-0.3, -0.25) is 5.10 Å². The molecule has 0 radical (unpaired) electrons. The Balaban J connectivity index is 1.91. The molecule has 3 rings (SSSR count). The lowest BCUT2D eigenvalue weighted by molar-refractivity contribution is -0.0847. The highest BCUT2D eigenvalue weighted by Gasteiger charge is 2.41. The van der Waals surface area contributed by atoms with Crippen molar-refractivity contribution in [3.63, 3.8) is 0 Å². The summed E-state index contributed by atoms with van der Waals surface area (Å²) >= 11 is 0. The summed E-state index contributed by atoms with van der Waals surface area (Å²) in [6.45, 7) is 4.89. The fourth-order valence-corrected chi connectivity index (χ4v) is 2.92. The Labute approximate surface area is 123 Å². The number of aromatic amines is 1. The third-order valence-electron chi connectivity index (χ3n) is 4.24. The molecule has 114 valence electrons. The van der Waals surface area contributed by atoms with Gasteiger partial charge in [-0.15, -0.1) is 0 Å². The van der Waals surface area contributed by atoms with Crippen LogP contribution in [0.15, 0.2) is 10.7 Å². The molecule has 0 atom stereocenters. The van der Waals surface area contributed by atoms with Crippen molar-refractivity contribution in [2.75, 3.05) is 12.3 Å². The normalized spacial score (nSPS) is 26.1. The van der Waals surface area contributed by atoms with Crippen LogP contribution in [0.5, 0.6) is 0 Å². The average molecular weight is 291 g/mol. The number of ether oxygens (including phenoxy) is 1. The maximum absolute atomic E-state index is 6.03. The van der Waals surface area contributed by atoms with E-state index in [-0.39, 0.29) is 0 Å². The molecule has 1 fully saturated rings. The molecule has 0 bridgehead atoms. The number of nitrogens with one attached hydrogen (secondary N) is 1. The van der Waals surface area contributed by atoms with Gasteiger partial charge in [0.1, 0.15) is 17.0 Å². The smallest absolute Gasteiger partial charge is 0.263 e. The summed E-state index contributed by atoms with van der Waals surface area (Å²) < 4.78 is 11.4. The SMILES string of the molecule is CCOC1(c2noc(-c3cn[nH]c3N)n2)CCC(C)CC1. The van der Waals surface area contributed by atoms with Crippen LogP contribution in [0.4, 0.5) is 5.82 Å². The van der Waals surface area contributed by atoms with E-state index >= 15 is 0 Å². The van der Waals surface area contributed by atoms with Crippen LogP contribution in [-0.4, -0.2) is 26.9 Å². The molecule has 7 nitrogen and oxygen atoms in total. The Bertz CT molecular complexity index is 598. The zero-order chi connectivity index (χ0) is 14.9. The molecule has 0 aliphatic heterocycles.